The van der Waals surface area contributed by atoms with E-state index in [4.69, 9.17) is 31.1 Å². The molecule has 0 unspecified atom stereocenters. The van der Waals surface area contributed by atoms with Crippen LogP contribution in [0.1, 0.15) is 0 Å². The lowest BCUT2D eigenvalue weighted by Gasteiger charge is -2.17. The molecule has 0 amide bonds. The molecule has 1 rings (SSSR count). The minimum atomic E-state index is -2.55. The van der Waals surface area contributed by atoms with Crippen molar-refractivity contribution in [2.24, 2.45) is 0 Å². The molecule has 0 aliphatic heterocycles. The van der Waals surface area contributed by atoms with E-state index in [1.54, 1.807) is 0 Å². The summed E-state index contributed by atoms with van der Waals surface area (Å²) in [6.07, 6.45) is -0.859. The Morgan fingerprint density at radius 3 is 2.58 bits per heavy atom. The number of aliphatic hydroxyl groups is 1. The molecular formula is C7H14N5O6P. The first kappa shape index (κ1) is 15.7. The third-order valence-corrected chi connectivity index (χ3v) is 2.34. The summed E-state index contributed by atoms with van der Waals surface area (Å²) in [5.41, 5.74) is 9.99. The van der Waals surface area contributed by atoms with Crippen molar-refractivity contribution in [2.75, 3.05) is 24.9 Å². The van der Waals surface area contributed by atoms with Gasteiger partial charge in [0.05, 0.1) is 13.2 Å². The number of anilines is 2. The molecule has 0 aromatic carbocycles. The molecule has 11 nitrogen and oxygen atoms in total. The molecule has 0 aliphatic rings. The lowest BCUT2D eigenvalue weighted by Crippen LogP contribution is -2.34. The van der Waals surface area contributed by atoms with Gasteiger partial charge in [-0.25, -0.2) is 4.79 Å². The number of aromatic nitrogens is 3. The highest BCUT2D eigenvalue weighted by molar-refractivity contribution is 7.39. The van der Waals surface area contributed by atoms with Crippen LogP contribution < -0.4 is 17.2 Å². The van der Waals surface area contributed by atoms with Gasteiger partial charge in [0.1, 0.15) is 6.10 Å². The fourth-order valence-corrected chi connectivity index (χ4v) is 1.33. The first-order valence-electron chi connectivity index (χ1n) is 4.97. The summed E-state index contributed by atoms with van der Waals surface area (Å²) in [6, 6.07) is 0. The molecular weight excluding hydrogens is 281 g/mol. The standard InChI is InChI=1S/C7H14N5O6P/c8-5-10-6(9)12(7(14)11-5)1-4(2-13)17-3-18-19(15)16/h4,13,15-16H,1-3H2,(H4,8,9,10,11,14)/t4-/m0/s1. The zero-order chi connectivity index (χ0) is 14.4. The minimum absolute atomic E-state index is 0.139. The number of nitrogens with two attached hydrogens (primary N) is 2. The van der Waals surface area contributed by atoms with Crippen LogP contribution in [-0.4, -0.2) is 48.9 Å². The first-order valence-corrected chi connectivity index (χ1v) is 6.13. The molecule has 1 aromatic heterocycles. The quantitative estimate of drug-likeness (QED) is 0.264. The number of hydrogen-bond acceptors (Lipinski definition) is 10. The summed E-state index contributed by atoms with van der Waals surface area (Å²) in [5, 5.41) is 9.07. The Balaban J connectivity index is 2.68. The fraction of sp³-hybridized carbons (Fsp3) is 0.571. The summed E-state index contributed by atoms with van der Waals surface area (Å²) in [6.45, 7) is -1.05. The monoisotopic (exact) mass is 295 g/mol. The molecule has 0 spiro atoms. The van der Waals surface area contributed by atoms with Gasteiger partial charge < -0.3 is 31.1 Å². The highest BCUT2D eigenvalue weighted by Crippen LogP contribution is 2.23. The van der Waals surface area contributed by atoms with Crippen molar-refractivity contribution in [3.8, 4) is 0 Å². The van der Waals surface area contributed by atoms with Crippen LogP contribution in [0.2, 0.25) is 0 Å². The van der Waals surface area contributed by atoms with Crippen molar-refractivity contribution in [1.29, 1.82) is 0 Å². The molecule has 0 saturated heterocycles. The summed E-state index contributed by atoms with van der Waals surface area (Å²) >= 11 is 0. The van der Waals surface area contributed by atoms with Gasteiger partial charge in [0, 0.05) is 0 Å². The van der Waals surface area contributed by atoms with E-state index in [2.05, 4.69) is 14.5 Å². The van der Waals surface area contributed by atoms with Gasteiger partial charge in [-0.2, -0.15) is 9.97 Å². The Morgan fingerprint density at radius 1 is 1.37 bits per heavy atom. The third-order valence-electron chi connectivity index (χ3n) is 2.01. The summed E-state index contributed by atoms with van der Waals surface area (Å²) in [4.78, 5) is 35.5. The van der Waals surface area contributed by atoms with Gasteiger partial charge in [-0.15, -0.1) is 0 Å². The first-order chi connectivity index (χ1) is 8.93. The number of nitrogen functional groups attached to an aromatic ring is 2. The average molecular weight is 295 g/mol. The number of aliphatic hydroxyl groups excluding tert-OH is 1. The topological polar surface area (TPSA) is 179 Å². The number of hydrogen-bond donors (Lipinski definition) is 5. The molecule has 0 aliphatic carbocycles. The Labute approximate surface area is 108 Å². The molecule has 0 bridgehead atoms. The van der Waals surface area contributed by atoms with Crippen molar-refractivity contribution in [1.82, 2.24) is 14.5 Å². The lowest BCUT2D eigenvalue weighted by atomic mass is 10.4. The molecule has 0 radical (unpaired) electrons. The van der Waals surface area contributed by atoms with Crippen LogP contribution in [-0.2, 0) is 15.8 Å². The van der Waals surface area contributed by atoms with Gasteiger partial charge in [0.25, 0.3) is 0 Å². The fourth-order valence-electron chi connectivity index (χ4n) is 1.17. The average Bonchev–Trinajstić information content (AvgIpc) is 2.30. The zero-order valence-corrected chi connectivity index (χ0v) is 10.6. The van der Waals surface area contributed by atoms with E-state index in [-0.39, 0.29) is 18.4 Å². The third kappa shape index (κ3) is 5.03. The maximum absolute atomic E-state index is 11.5. The van der Waals surface area contributed by atoms with Crippen LogP contribution in [0.15, 0.2) is 4.79 Å². The maximum Gasteiger partial charge on any atom is 0.353 e. The van der Waals surface area contributed by atoms with Crippen LogP contribution in [0.4, 0.5) is 11.9 Å². The molecule has 1 atom stereocenters. The molecule has 0 fully saturated rings. The molecule has 19 heavy (non-hydrogen) atoms. The molecule has 0 saturated carbocycles. The van der Waals surface area contributed by atoms with Crippen LogP contribution in [0.3, 0.4) is 0 Å². The Kier molecular flexibility index (Phi) is 6.02. The van der Waals surface area contributed by atoms with Crippen molar-refractivity contribution < 1.29 is 24.2 Å². The maximum atomic E-state index is 11.5. The van der Waals surface area contributed by atoms with Crippen LogP contribution in [0.25, 0.3) is 0 Å². The van der Waals surface area contributed by atoms with Gasteiger partial charge >= 0.3 is 14.3 Å². The molecule has 12 heteroatoms. The van der Waals surface area contributed by atoms with Crippen molar-refractivity contribution >= 4 is 20.5 Å². The molecule has 1 heterocycles. The second-order valence-electron chi connectivity index (χ2n) is 3.30. The van der Waals surface area contributed by atoms with Crippen molar-refractivity contribution in [2.45, 2.75) is 12.6 Å². The lowest BCUT2D eigenvalue weighted by molar-refractivity contribution is -0.0666. The number of nitrogens with zero attached hydrogens (tertiary/aromatic N) is 3. The van der Waals surface area contributed by atoms with E-state index in [9.17, 15) is 4.79 Å². The molecule has 1 aromatic rings. The number of rotatable bonds is 7. The van der Waals surface area contributed by atoms with Crippen LogP contribution in [0.5, 0.6) is 0 Å². The second-order valence-corrected chi connectivity index (χ2v) is 4.07. The van der Waals surface area contributed by atoms with Gasteiger partial charge in [0.15, 0.2) is 6.79 Å². The van der Waals surface area contributed by atoms with E-state index >= 15 is 0 Å². The summed E-state index contributed by atoms with van der Waals surface area (Å²) in [5.74, 6) is -0.429. The number of ether oxygens (including phenoxy) is 1. The van der Waals surface area contributed by atoms with E-state index in [0.29, 0.717) is 0 Å². The van der Waals surface area contributed by atoms with Crippen molar-refractivity contribution in [3.63, 3.8) is 0 Å². The van der Waals surface area contributed by atoms with Crippen molar-refractivity contribution in [3.05, 3.63) is 10.5 Å². The normalized spacial score (nSPS) is 12.8. The zero-order valence-electron chi connectivity index (χ0n) is 9.71. The van der Waals surface area contributed by atoms with E-state index in [1.165, 1.54) is 0 Å². The van der Waals surface area contributed by atoms with Crippen LogP contribution >= 0.6 is 8.60 Å². The minimum Gasteiger partial charge on any atom is -0.394 e. The van der Waals surface area contributed by atoms with Gasteiger partial charge in [-0.3, -0.25) is 9.09 Å². The second kappa shape index (κ2) is 7.28. The highest BCUT2D eigenvalue weighted by atomic mass is 31.2. The highest BCUT2D eigenvalue weighted by Gasteiger charge is 2.14. The summed E-state index contributed by atoms with van der Waals surface area (Å²) in [7, 11) is -2.55. The van der Waals surface area contributed by atoms with Gasteiger partial charge in [0.2, 0.25) is 11.9 Å². The Morgan fingerprint density at radius 2 is 2.05 bits per heavy atom. The smallest absolute Gasteiger partial charge is 0.353 e. The van der Waals surface area contributed by atoms with E-state index in [1.807, 2.05) is 0 Å². The SMILES string of the molecule is Nc1nc(N)n(C[C@@H](CO)OCOP(O)O)c(=O)n1. The Hall–Kier alpha value is -1.36. The van der Waals surface area contributed by atoms with E-state index < -0.39 is 33.8 Å². The van der Waals surface area contributed by atoms with Crippen LogP contribution in [0, 0.1) is 0 Å². The molecule has 108 valence electrons. The van der Waals surface area contributed by atoms with E-state index in [0.717, 1.165) is 4.57 Å². The molecule has 7 N–H and O–H groups in total. The summed E-state index contributed by atoms with van der Waals surface area (Å²) < 4.78 is 10.3. The van der Waals surface area contributed by atoms with Gasteiger partial charge in [-0.05, 0) is 0 Å². The largest absolute Gasteiger partial charge is 0.394 e. The predicted molar refractivity (Wildman–Crippen MR) is 64.4 cm³/mol. The Bertz CT molecular complexity index is 468. The van der Waals surface area contributed by atoms with Gasteiger partial charge in [-0.1, -0.05) is 0 Å². The predicted octanol–water partition coefficient (Wildman–Crippen LogP) is -2.63.